The van der Waals surface area contributed by atoms with E-state index in [2.05, 4.69) is 29.2 Å². The highest BCUT2D eigenvalue weighted by Crippen LogP contribution is 2.28. The van der Waals surface area contributed by atoms with Gasteiger partial charge in [-0.25, -0.2) is 0 Å². The molecular weight excluding hydrogens is 386 g/mol. The molecule has 2 heterocycles. The molecule has 0 spiro atoms. The predicted octanol–water partition coefficient (Wildman–Crippen LogP) is 5.58. The topological polar surface area (TPSA) is 60.9 Å². The summed E-state index contributed by atoms with van der Waals surface area (Å²) in [4.78, 5) is 17.9. The van der Waals surface area contributed by atoms with Crippen molar-refractivity contribution in [3.8, 4) is 28.5 Å². The van der Waals surface area contributed by atoms with Crippen molar-refractivity contribution in [1.29, 1.82) is 0 Å². The molecule has 0 atom stereocenters. The molecule has 3 aromatic carbocycles. The number of pyridine rings is 1. The second-order valence-electron chi connectivity index (χ2n) is 7.58. The van der Waals surface area contributed by atoms with Crippen LogP contribution in [-0.4, -0.2) is 14.7 Å². The standard InChI is InChI=1S/C26H21N3O2/c1-3-18-11-13-19(14-12-18)24-27-25(31-28-24)23-16-29(20-8-6-7-17(2)15-20)26(30)22-10-5-4-9-21(22)23/h4-16H,3H2,1-2H3. The zero-order chi connectivity index (χ0) is 21.4. The Balaban J connectivity index is 1.69. The number of nitrogens with zero attached hydrogens (tertiary/aromatic N) is 3. The lowest BCUT2D eigenvalue weighted by molar-refractivity contribution is 0.432. The number of hydrogen-bond acceptors (Lipinski definition) is 4. The Labute approximate surface area is 179 Å². The van der Waals surface area contributed by atoms with Crippen LogP contribution in [0.5, 0.6) is 0 Å². The molecule has 5 rings (SSSR count). The first-order chi connectivity index (χ1) is 15.1. The van der Waals surface area contributed by atoms with E-state index < -0.39 is 0 Å². The maximum absolute atomic E-state index is 13.2. The van der Waals surface area contributed by atoms with Crippen LogP contribution < -0.4 is 5.56 Å². The van der Waals surface area contributed by atoms with Crippen LogP contribution in [0.4, 0.5) is 0 Å². The van der Waals surface area contributed by atoms with Crippen LogP contribution in [0.1, 0.15) is 18.1 Å². The van der Waals surface area contributed by atoms with Crippen molar-refractivity contribution in [2.75, 3.05) is 0 Å². The first kappa shape index (κ1) is 19.0. The minimum absolute atomic E-state index is 0.0835. The third-order valence-corrected chi connectivity index (χ3v) is 5.48. The fourth-order valence-electron chi connectivity index (χ4n) is 3.77. The van der Waals surface area contributed by atoms with E-state index >= 15 is 0 Å². The molecule has 0 aliphatic heterocycles. The first-order valence-corrected chi connectivity index (χ1v) is 10.3. The van der Waals surface area contributed by atoms with Gasteiger partial charge in [-0.1, -0.05) is 66.7 Å². The van der Waals surface area contributed by atoms with Gasteiger partial charge in [-0.3, -0.25) is 9.36 Å². The molecular formula is C26H21N3O2. The van der Waals surface area contributed by atoms with E-state index in [1.54, 1.807) is 10.8 Å². The van der Waals surface area contributed by atoms with Gasteiger partial charge in [0.25, 0.3) is 11.4 Å². The zero-order valence-corrected chi connectivity index (χ0v) is 17.4. The van der Waals surface area contributed by atoms with E-state index in [1.165, 1.54) is 5.56 Å². The Bertz CT molecular complexity index is 1450. The van der Waals surface area contributed by atoms with Gasteiger partial charge in [0, 0.05) is 28.2 Å². The molecule has 0 radical (unpaired) electrons. The Morgan fingerprint density at radius 2 is 1.71 bits per heavy atom. The minimum atomic E-state index is -0.0835. The van der Waals surface area contributed by atoms with Crippen molar-refractivity contribution < 1.29 is 4.52 Å². The summed E-state index contributed by atoms with van der Waals surface area (Å²) in [6.45, 7) is 4.13. The highest BCUT2D eigenvalue weighted by molar-refractivity contribution is 5.94. The van der Waals surface area contributed by atoms with Crippen LogP contribution in [0.3, 0.4) is 0 Å². The third kappa shape index (κ3) is 3.44. The van der Waals surface area contributed by atoms with Crippen LogP contribution in [0.25, 0.3) is 39.3 Å². The van der Waals surface area contributed by atoms with Crippen LogP contribution in [0.2, 0.25) is 0 Å². The molecule has 5 heteroatoms. The normalized spacial score (nSPS) is 11.2. The van der Waals surface area contributed by atoms with Gasteiger partial charge < -0.3 is 4.52 Å². The third-order valence-electron chi connectivity index (χ3n) is 5.48. The summed E-state index contributed by atoms with van der Waals surface area (Å²) < 4.78 is 7.29. The number of hydrogen-bond donors (Lipinski definition) is 0. The van der Waals surface area contributed by atoms with Gasteiger partial charge in [0.15, 0.2) is 0 Å². The minimum Gasteiger partial charge on any atom is -0.334 e. The van der Waals surface area contributed by atoms with Crippen molar-refractivity contribution >= 4 is 10.8 Å². The number of aryl methyl sites for hydroxylation is 2. The van der Waals surface area contributed by atoms with Crippen LogP contribution in [0, 0.1) is 6.92 Å². The summed E-state index contributed by atoms with van der Waals surface area (Å²) in [5, 5.41) is 5.58. The highest BCUT2D eigenvalue weighted by atomic mass is 16.5. The lowest BCUT2D eigenvalue weighted by Gasteiger charge is -2.11. The maximum Gasteiger partial charge on any atom is 0.262 e. The number of fused-ring (bicyclic) bond motifs is 1. The Morgan fingerprint density at radius 1 is 0.935 bits per heavy atom. The van der Waals surface area contributed by atoms with E-state index in [1.807, 2.05) is 67.6 Å². The van der Waals surface area contributed by atoms with E-state index in [9.17, 15) is 4.79 Å². The van der Waals surface area contributed by atoms with E-state index in [-0.39, 0.29) is 5.56 Å². The lowest BCUT2D eigenvalue weighted by atomic mass is 10.1. The fraction of sp³-hybridized carbons (Fsp3) is 0.115. The monoisotopic (exact) mass is 407 g/mol. The molecule has 0 aliphatic rings. The summed E-state index contributed by atoms with van der Waals surface area (Å²) in [5.41, 5.74) is 4.66. The van der Waals surface area contributed by atoms with Crippen LogP contribution in [-0.2, 0) is 6.42 Å². The van der Waals surface area contributed by atoms with Crippen LogP contribution >= 0.6 is 0 Å². The van der Waals surface area contributed by atoms with E-state index in [0.29, 0.717) is 17.1 Å². The number of rotatable bonds is 4. The molecule has 0 bridgehead atoms. The van der Waals surface area contributed by atoms with Crippen molar-refractivity contribution in [3.63, 3.8) is 0 Å². The van der Waals surface area contributed by atoms with Gasteiger partial charge in [-0.05, 0) is 42.7 Å². The van der Waals surface area contributed by atoms with Gasteiger partial charge in [0.05, 0.1) is 5.56 Å². The van der Waals surface area contributed by atoms with Crippen molar-refractivity contribution in [1.82, 2.24) is 14.7 Å². The maximum atomic E-state index is 13.2. The van der Waals surface area contributed by atoms with Gasteiger partial charge in [-0.15, -0.1) is 0 Å². The Kier molecular flexibility index (Phi) is 4.71. The molecule has 0 fully saturated rings. The van der Waals surface area contributed by atoms with Gasteiger partial charge in [0.1, 0.15) is 0 Å². The second-order valence-corrected chi connectivity index (χ2v) is 7.58. The molecule has 5 aromatic rings. The smallest absolute Gasteiger partial charge is 0.262 e. The molecule has 0 amide bonds. The first-order valence-electron chi connectivity index (χ1n) is 10.3. The molecule has 0 unspecified atom stereocenters. The van der Waals surface area contributed by atoms with E-state index in [4.69, 9.17) is 4.52 Å². The average Bonchev–Trinajstić information content (AvgIpc) is 3.30. The number of aromatic nitrogens is 3. The molecule has 0 saturated heterocycles. The summed E-state index contributed by atoms with van der Waals surface area (Å²) in [6, 6.07) is 23.5. The van der Waals surface area contributed by atoms with Crippen molar-refractivity contribution in [2.24, 2.45) is 0 Å². The quantitative estimate of drug-likeness (QED) is 0.390. The van der Waals surface area contributed by atoms with Crippen molar-refractivity contribution in [2.45, 2.75) is 20.3 Å². The predicted molar refractivity (Wildman–Crippen MR) is 122 cm³/mol. The summed E-state index contributed by atoms with van der Waals surface area (Å²) in [6.07, 6.45) is 2.77. The molecule has 31 heavy (non-hydrogen) atoms. The lowest BCUT2D eigenvalue weighted by Crippen LogP contribution is -2.18. The molecule has 152 valence electrons. The highest BCUT2D eigenvalue weighted by Gasteiger charge is 2.17. The van der Waals surface area contributed by atoms with Crippen molar-refractivity contribution in [3.05, 3.63) is 100 Å². The fourth-order valence-corrected chi connectivity index (χ4v) is 3.77. The molecule has 0 saturated carbocycles. The summed E-state index contributed by atoms with van der Waals surface area (Å²) in [7, 11) is 0. The second kappa shape index (κ2) is 7.69. The van der Waals surface area contributed by atoms with Gasteiger partial charge >= 0.3 is 0 Å². The Morgan fingerprint density at radius 3 is 2.45 bits per heavy atom. The summed E-state index contributed by atoms with van der Waals surface area (Å²) in [5.74, 6) is 0.905. The molecule has 0 aliphatic carbocycles. The van der Waals surface area contributed by atoms with Gasteiger partial charge in [-0.2, -0.15) is 4.98 Å². The number of benzene rings is 3. The Hall–Kier alpha value is -3.99. The summed E-state index contributed by atoms with van der Waals surface area (Å²) >= 11 is 0. The van der Waals surface area contributed by atoms with E-state index in [0.717, 1.165) is 34.2 Å². The molecule has 2 aromatic heterocycles. The van der Waals surface area contributed by atoms with Gasteiger partial charge in [0.2, 0.25) is 5.82 Å². The van der Waals surface area contributed by atoms with Crippen LogP contribution in [0.15, 0.2) is 88.3 Å². The zero-order valence-electron chi connectivity index (χ0n) is 17.4. The largest absolute Gasteiger partial charge is 0.334 e. The molecule has 5 nitrogen and oxygen atoms in total. The average molecular weight is 407 g/mol. The molecule has 0 N–H and O–H groups in total. The SMILES string of the molecule is CCc1ccc(-c2noc(-c3cn(-c4cccc(C)c4)c(=O)c4ccccc34)n2)cc1.